The molecule has 8 heteroatoms. The Kier molecular flexibility index (Phi) is 8.16. The Morgan fingerprint density at radius 3 is 2.17 bits per heavy atom. The Hall–Kier alpha value is -0.980. The lowest BCUT2D eigenvalue weighted by molar-refractivity contribution is 0.210. The minimum Gasteiger partial charge on any atom is -0.325 e. The van der Waals surface area contributed by atoms with Gasteiger partial charge in [-0.3, -0.25) is 0 Å². The number of nitrogens with zero attached hydrogens (tertiary/aromatic N) is 1. The van der Waals surface area contributed by atoms with Crippen LogP contribution in [0.1, 0.15) is 39.5 Å². The fraction of sp³-hybridized carbons (Fsp3) is 0.533. The van der Waals surface area contributed by atoms with Gasteiger partial charge in [-0.1, -0.05) is 38.3 Å². The van der Waals surface area contributed by atoms with Gasteiger partial charge in [0.05, 0.1) is 5.02 Å². The molecule has 0 saturated heterocycles. The quantitative estimate of drug-likeness (QED) is 0.664. The molecule has 0 fully saturated rings. The molecular formula is C15H22Cl2N2O3S. The number of hydrogen-bond acceptors (Lipinski definition) is 3. The Morgan fingerprint density at radius 1 is 1.17 bits per heavy atom. The van der Waals surface area contributed by atoms with Crippen molar-refractivity contribution in [1.29, 1.82) is 0 Å². The van der Waals surface area contributed by atoms with Crippen molar-refractivity contribution in [3.05, 3.63) is 23.2 Å². The molecular weight excluding hydrogens is 359 g/mol. The summed E-state index contributed by atoms with van der Waals surface area (Å²) in [5, 5.41) is 2.72. The number of halogens is 2. The number of anilines is 1. The monoisotopic (exact) mass is 380 g/mol. The normalized spacial score (nSPS) is 11.3. The minimum atomic E-state index is -3.90. The number of urea groups is 1. The van der Waals surface area contributed by atoms with Gasteiger partial charge in [0.2, 0.25) is 0 Å². The van der Waals surface area contributed by atoms with Crippen LogP contribution in [-0.2, 0) is 9.05 Å². The predicted octanol–water partition coefficient (Wildman–Crippen LogP) is 4.70. The molecule has 2 amide bonds. The van der Waals surface area contributed by atoms with E-state index in [2.05, 4.69) is 19.2 Å². The second-order valence-corrected chi connectivity index (χ2v) is 8.15. The van der Waals surface area contributed by atoms with Gasteiger partial charge < -0.3 is 10.2 Å². The summed E-state index contributed by atoms with van der Waals surface area (Å²) in [6.07, 6.45) is 3.87. The summed E-state index contributed by atoms with van der Waals surface area (Å²) in [5.41, 5.74) is 0.432. The number of carbonyl (C=O) groups excluding carboxylic acids is 1. The highest BCUT2D eigenvalue weighted by atomic mass is 35.7. The van der Waals surface area contributed by atoms with Crippen LogP contribution in [0.3, 0.4) is 0 Å². The second-order valence-electron chi connectivity index (χ2n) is 5.21. The SMILES string of the molecule is CCCCN(CCCC)C(=O)Nc1ccc(S(=O)(=O)Cl)c(Cl)c1. The van der Waals surface area contributed by atoms with E-state index in [0.29, 0.717) is 18.8 Å². The molecule has 0 atom stereocenters. The van der Waals surface area contributed by atoms with Crippen LogP contribution in [0.25, 0.3) is 0 Å². The summed E-state index contributed by atoms with van der Waals surface area (Å²) in [4.78, 5) is 13.9. The van der Waals surface area contributed by atoms with Crippen molar-refractivity contribution < 1.29 is 13.2 Å². The van der Waals surface area contributed by atoms with Gasteiger partial charge in [-0.15, -0.1) is 0 Å². The van der Waals surface area contributed by atoms with E-state index in [1.165, 1.54) is 18.2 Å². The van der Waals surface area contributed by atoms with Crippen LogP contribution in [0.4, 0.5) is 10.5 Å². The number of hydrogen-bond donors (Lipinski definition) is 1. The fourth-order valence-corrected chi connectivity index (χ4v) is 3.52. The van der Waals surface area contributed by atoms with Gasteiger partial charge in [0.1, 0.15) is 4.90 Å². The summed E-state index contributed by atoms with van der Waals surface area (Å²) in [6.45, 7) is 5.51. The zero-order valence-corrected chi connectivity index (χ0v) is 15.6. The van der Waals surface area contributed by atoms with Crippen LogP contribution < -0.4 is 5.32 Å². The van der Waals surface area contributed by atoms with Crippen molar-refractivity contribution >= 4 is 43.1 Å². The third kappa shape index (κ3) is 6.57. The molecule has 0 aliphatic rings. The summed E-state index contributed by atoms with van der Waals surface area (Å²) in [7, 11) is 1.38. The molecule has 0 spiro atoms. The molecule has 1 rings (SSSR count). The first-order valence-corrected chi connectivity index (χ1v) is 10.3. The number of rotatable bonds is 8. The van der Waals surface area contributed by atoms with Gasteiger partial charge in [0.15, 0.2) is 0 Å². The molecule has 0 radical (unpaired) electrons. The summed E-state index contributed by atoms with van der Waals surface area (Å²) >= 11 is 5.92. The van der Waals surface area contributed by atoms with E-state index in [9.17, 15) is 13.2 Å². The first kappa shape index (κ1) is 20.1. The molecule has 0 aromatic heterocycles. The smallest absolute Gasteiger partial charge is 0.321 e. The zero-order valence-electron chi connectivity index (χ0n) is 13.3. The highest BCUT2D eigenvalue weighted by Gasteiger charge is 2.17. The van der Waals surface area contributed by atoms with E-state index >= 15 is 0 Å². The number of nitrogens with one attached hydrogen (secondary N) is 1. The first-order valence-electron chi connectivity index (χ1n) is 7.59. The van der Waals surface area contributed by atoms with Crippen molar-refractivity contribution in [3.8, 4) is 0 Å². The molecule has 0 saturated carbocycles. The van der Waals surface area contributed by atoms with Gasteiger partial charge in [-0.2, -0.15) is 0 Å². The molecule has 130 valence electrons. The highest BCUT2D eigenvalue weighted by Crippen LogP contribution is 2.27. The molecule has 23 heavy (non-hydrogen) atoms. The summed E-state index contributed by atoms with van der Waals surface area (Å²) in [5.74, 6) is 0. The van der Waals surface area contributed by atoms with Crippen molar-refractivity contribution in [3.63, 3.8) is 0 Å². The molecule has 0 heterocycles. The number of carbonyl (C=O) groups is 1. The maximum absolute atomic E-state index is 12.3. The van der Waals surface area contributed by atoms with E-state index in [0.717, 1.165) is 25.7 Å². The maximum atomic E-state index is 12.3. The van der Waals surface area contributed by atoms with Gasteiger partial charge in [-0.05, 0) is 31.0 Å². The number of amides is 2. The van der Waals surface area contributed by atoms with E-state index in [4.69, 9.17) is 22.3 Å². The van der Waals surface area contributed by atoms with Crippen molar-refractivity contribution in [2.45, 2.75) is 44.4 Å². The van der Waals surface area contributed by atoms with Crippen LogP contribution in [0.2, 0.25) is 5.02 Å². The van der Waals surface area contributed by atoms with E-state index < -0.39 is 9.05 Å². The predicted molar refractivity (Wildman–Crippen MR) is 94.9 cm³/mol. The van der Waals surface area contributed by atoms with Crippen LogP contribution in [0.5, 0.6) is 0 Å². The average Bonchev–Trinajstić information content (AvgIpc) is 2.46. The van der Waals surface area contributed by atoms with Crippen LogP contribution >= 0.6 is 22.3 Å². The van der Waals surface area contributed by atoms with Gasteiger partial charge >= 0.3 is 6.03 Å². The van der Waals surface area contributed by atoms with Gasteiger partial charge in [0, 0.05) is 29.5 Å². The van der Waals surface area contributed by atoms with Gasteiger partial charge in [-0.25, -0.2) is 13.2 Å². The molecule has 0 aliphatic heterocycles. The lowest BCUT2D eigenvalue weighted by Crippen LogP contribution is -2.36. The van der Waals surface area contributed by atoms with Crippen molar-refractivity contribution in [2.75, 3.05) is 18.4 Å². The number of benzene rings is 1. The van der Waals surface area contributed by atoms with Crippen LogP contribution in [-0.4, -0.2) is 32.4 Å². The van der Waals surface area contributed by atoms with Crippen molar-refractivity contribution in [2.24, 2.45) is 0 Å². The molecule has 5 nitrogen and oxygen atoms in total. The third-order valence-corrected chi connectivity index (χ3v) is 5.10. The summed E-state index contributed by atoms with van der Waals surface area (Å²) < 4.78 is 22.6. The molecule has 0 aliphatic carbocycles. The fourth-order valence-electron chi connectivity index (χ4n) is 1.99. The minimum absolute atomic E-state index is 0.0218. The Bertz CT molecular complexity index is 628. The Morgan fingerprint density at radius 2 is 1.74 bits per heavy atom. The average molecular weight is 381 g/mol. The first-order chi connectivity index (χ1) is 10.8. The van der Waals surface area contributed by atoms with Crippen molar-refractivity contribution in [1.82, 2.24) is 4.90 Å². The molecule has 1 aromatic rings. The van der Waals surface area contributed by atoms with Gasteiger partial charge in [0.25, 0.3) is 9.05 Å². The molecule has 0 unspecified atom stereocenters. The van der Waals surface area contributed by atoms with E-state index in [1.54, 1.807) is 4.90 Å². The van der Waals surface area contributed by atoms with Crippen LogP contribution in [0.15, 0.2) is 23.1 Å². The van der Waals surface area contributed by atoms with Crippen LogP contribution in [0, 0.1) is 0 Å². The topological polar surface area (TPSA) is 66.5 Å². The summed E-state index contributed by atoms with van der Waals surface area (Å²) in [6, 6.07) is 3.91. The van der Waals surface area contributed by atoms with E-state index in [1.807, 2.05) is 0 Å². The lowest BCUT2D eigenvalue weighted by Gasteiger charge is -2.23. The highest BCUT2D eigenvalue weighted by molar-refractivity contribution is 8.13. The Labute approximate surface area is 147 Å². The largest absolute Gasteiger partial charge is 0.325 e. The zero-order chi connectivity index (χ0) is 17.5. The van der Waals surface area contributed by atoms with E-state index in [-0.39, 0.29) is 15.9 Å². The second kappa shape index (κ2) is 9.35. The Balaban J connectivity index is 2.83. The standard InChI is InChI=1S/C15H22Cl2N2O3S/c1-3-5-9-19(10-6-4-2)15(20)18-12-7-8-14(13(16)11-12)23(17,21)22/h7-8,11H,3-6,9-10H2,1-2H3,(H,18,20). The lowest BCUT2D eigenvalue weighted by atomic mass is 10.2. The third-order valence-electron chi connectivity index (χ3n) is 3.30. The molecule has 1 N–H and O–H groups in total. The maximum Gasteiger partial charge on any atom is 0.321 e. The molecule has 1 aromatic carbocycles. The number of unbranched alkanes of at least 4 members (excludes halogenated alkanes) is 2. The molecule has 0 bridgehead atoms.